The van der Waals surface area contributed by atoms with E-state index in [1.54, 1.807) is 0 Å². The van der Waals surface area contributed by atoms with Gasteiger partial charge in [-0.2, -0.15) is 0 Å². The van der Waals surface area contributed by atoms with E-state index in [2.05, 4.69) is 34.6 Å². The van der Waals surface area contributed by atoms with E-state index in [1.807, 2.05) is 0 Å². The van der Waals surface area contributed by atoms with Crippen LogP contribution in [0.5, 0.6) is 0 Å². The van der Waals surface area contributed by atoms with Crippen LogP contribution in [0.25, 0.3) is 0 Å². The van der Waals surface area contributed by atoms with Gasteiger partial charge in [0.05, 0.1) is 12.2 Å². The Labute approximate surface area is 71.1 Å². The molecule has 0 fully saturated rings. The fourth-order valence-electron chi connectivity index (χ4n) is 0.892. The minimum atomic E-state index is 0.0303. The zero-order valence-corrected chi connectivity index (χ0v) is 8.61. The molecular weight excluding hydrogens is 136 g/mol. The van der Waals surface area contributed by atoms with Gasteiger partial charge in [-0.05, 0) is 26.7 Å². The second kappa shape index (κ2) is 4.76. The fourth-order valence-corrected chi connectivity index (χ4v) is 0.892. The van der Waals surface area contributed by atoms with E-state index >= 15 is 0 Å². The Hall–Kier alpha value is -0.0400. The van der Waals surface area contributed by atoms with Crippen molar-refractivity contribution in [2.75, 3.05) is 6.61 Å². The third-order valence-corrected chi connectivity index (χ3v) is 1.91. The highest BCUT2D eigenvalue weighted by atomic mass is 16.5. The topological polar surface area (TPSA) is 9.23 Å². The predicted molar refractivity (Wildman–Crippen MR) is 49.8 cm³/mol. The van der Waals surface area contributed by atoms with Gasteiger partial charge in [-0.3, -0.25) is 0 Å². The Kier molecular flexibility index (Phi) is 4.74. The molecule has 0 amide bonds. The molecule has 0 radical (unpaired) electrons. The van der Waals surface area contributed by atoms with Crippen molar-refractivity contribution in [1.82, 2.24) is 0 Å². The first-order chi connectivity index (χ1) is 4.99. The van der Waals surface area contributed by atoms with E-state index < -0.39 is 0 Å². The maximum atomic E-state index is 5.67. The minimum absolute atomic E-state index is 0.0303. The summed E-state index contributed by atoms with van der Waals surface area (Å²) in [6.45, 7) is 11.7. The summed E-state index contributed by atoms with van der Waals surface area (Å²) in [6, 6.07) is 0. The number of hydrogen-bond donors (Lipinski definition) is 0. The molecule has 0 aromatic heterocycles. The van der Waals surface area contributed by atoms with Crippen LogP contribution < -0.4 is 0 Å². The molecule has 0 atom stereocenters. The molecule has 0 aliphatic heterocycles. The SMILES string of the molecule is CCC(CC)COC(C)(C)C. The van der Waals surface area contributed by atoms with Gasteiger partial charge in [0.25, 0.3) is 0 Å². The molecule has 0 saturated heterocycles. The van der Waals surface area contributed by atoms with Gasteiger partial charge in [-0.15, -0.1) is 0 Å². The summed E-state index contributed by atoms with van der Waals surface area (Å²) in [5, 5.41) is 0. The van der Waals surface area contributed by atoms with Crippen LogP contribution in [0.2, 0.25) is 0 Å². The Morgan fingerprint density at radius 2 is 1.55 bits per heavy atom. The van der Waals surface area contributed by atoms with Gasteiger partial charge in [0.15, 0.2) is 0 Å². The maximum absolute atomic E-state index is 5.67. The monoisotopic (exact) mass is 158 g/mol. The van der Waals surface area contributed by atoms with Gasteiger partial charge in [-0.25, -0.2) is 0 Å². The van der Waals surface area contributed by atoms with Gasteiger partial charge in [-0.1, -0.05) is 26.7 Å². The smallest absolute Gasteiger partial charge is 0.0598 e. The third kappa shape index (κ3) is 6.36. The maximum Gasteiger partial charge on any atom is 0.0598 e. The number of rotatable bonds is 4. The zero-order chi connectivity index (χ0) is 8.91. The van der Waals surface area contributed by atoms with E-state index in [0.29, 0.717) is 0 Å². The lowest BCUT2D eigenvalue weighted by molar-refractivity contribution is -0.0232. The largest absolute Gasteiger partial charge is 0.376 e. The van der Waals surface area contributed by atoms with Crippen molar-refractivity contribution in [2.24, 2.45) is 5.92 Å². The molecule has 0 rings (SSSR count). The van der Waals surface area contributed by atoms with E-state index in [0.717, 1.165) is 12.5 Å². The Bertz CT molecular complexity index is 87.5. The molecule has 0 aromatic rings. The Morgan fingerprint density at radius 3 is 1.82 bits per heavy atom. The molecule has 0 unspecified atom stereocenters. The highest BCUT2D eigenvalue weighted by molar-refractivity contribution is 4.61. The first-order valence-corrected chi connectivity index (χ1v) is 4.63. The standard InChI is InChI=1S/C10H22O/c1-6-9(7-2)8-11-10(3,4)5/h9H,6-8H2,1-5H3. The normalized spacial score (nSPS) is 12.5. The predicted octanol–water partition coefficient (Wildman–Crippen LogP) is 3.24. The molecule has 0 aliphatic rings. The molecule has 0 N–H and O–H groups in total. The zero-order valence-electron chi connectivity index (χ0n) is 8.61. The highest BCUT2D eigenvalue weighted by Gasteiger charge is 2.12. The van der Waals surface area contributed by atoms with E-state index in [1.165, 1.54) is 12.8 Å². The first-order valence-electron chi connectivity index (χ1n) is 4.63. The van der Waals surface area contributed by atoms with Crippen molar-refractivity contribution in [2.45, 2.75) is 53.1 Å². The number of hydrogen-bond acceptors (Lipinski definition) is 1. The molecule has 11 heavy (non-hydrogen) atoms. The average Bonchev–Trinajstić information content (AvgIpc) is 1.88. The molecule has 1 nitrogen and oxygen atoms in total. The Morgan fingerprint density at radius 1 is 1.09 bits per heavy atom. The summed E-state index contributed by atoms with van der Waals surface area (Å²) in [4.78, 5) is 0. The van der Waals surface area contributed by atoms with Crippen molar-refractivity contribution in [1.29, 1.82) is 0 Å². The third-order valence-electron chi connectivity index (χ3n) is 1.91. The summed E-state index contributed by atoms with van der Waals surface area (Å²) in [5.74, 6) is 0.745. The fraction of sp³-hybridized carbons (Fsp3) is 1.00. The second-order valence-electron chi connectivity index (χ2n) is 4.11. The van der Waals surface area contributed by atoms with Crippen molar-refractivity contribution in [3.63, 3.8) is 0 Å². The van der Waals surface area contributed by atoms with Crippen molar-refractivity contribution in [3.8, 4) is 0 Å². The second-order valence-corrected chi connectivity index (χ2v) is 4.11. The van der Waals surface area contributed by atoms with E-state index in [9.17, 15) is 0 Å². The summed E-state index contributed by atoms with van der Waals surface area (Å²) in [5.41, 5.74) is 0.0303. The molecule has 0 saturated carbocycles. The minimum Gasteiger partial charge on any atom is -0.376 e. The summed E-state index contributed by atoms with van der Waals surface area (Å²) in [6.07, 6.45) is 2.46. The van der Waals surface area contributed by atoms with Crippen LogP contribution >= 0.6 is 0 Å². The van der Waals surface area contributed by atoms with Gasteiger partial charge in [0.1, 0.15) is 0 Å². The summed E-state index contributed by atoms with van der Waals surface area (Å²) < 4.78 is 5.67. The van der Waals surface area contributed by atoms with Gasteiger partial charge < -0.3 is 4.74 Å². The summed E-state index contributed by atoms with van der Waals surface area (Å²) in [7, 11) is 0. The van der Waals surface area contributed by atoms with Crippen molar-refractivity contribution >= 4 is 0 Å². The van der Waals surface area contributed by atoms with Crippen LogP contribution in [-0.2, 0) is 4.74 Å². The molecule has 0 heterocycles. The van der Waals surface area contributed by atoms with Crippen LogP contribution in [0.1, 0.15) is 47.5 Å². The lowest BCUT2D eigenvalue weighted by atomic mass is 10.0. The van der Waals surface area contributed by atoms with Crippen LogP contribution in [-0.4, -0.2) is 12.2 Å². The molecule has 0 spiro atoms. The highest BCUT2D eigenvalue weighted by Crippen LogP contribution is 2.13. The molecule has 0 aromatic carbocycles. The van der Waals surface area contributed by atoms with Gasteiger partial charge in [0, 0.05) is 0 Å². The van der Waals surface area contributed by atoms with Crippen LogP contribution in [0.15, 0.2) is 0 Å². The van der Waals surface area contributed by atoms with E-state index in [4.69, 9.17) is 4.74 Å². The van der Waals surface area contributed by atoms with Crippen LogP contribution in [0.4, 0.5) is 0 Å². The van der Waals surface area contributed by atoms with Crippen LogP contribution in [0, 0.1) is 5.92 Å². The average molecular weight is 158 g/mol. The van der Waals surface area contributed by atoms with Gasteiger partial charge >= 0.3 is 0 Å². The van der Waals surface area contributed by atoms with Crippen molar-refractivity contribution < 1.29 is 4.74 Å². The molecule has 0 bridgehead atoms. The lowest BCUT2D eigenvalue weighted by Crippen LogP contribution is -2.23. The van der Waals surface area contributed by atoms with E-state index in [-0.39, 0.29) is 5.60 Å². The van der Waals surface area contributed by atoms with Crippen molar-refractivity contribution in [3.05, 3.63) is 0 Å². The number of ether oxygens (including phenoxy) is 1. The molecular formula is C10H22O. The first kappa shape index (κ1) is 11.0. The van der Waals surface area contributed by atoms with Crippen LogP contribution in [0.3, 0.4) is 0 Å². The lowest BCUT2D eigenvalue weighted by Gasteiger charge is -2.23. The molecule has 0 aliphatic carbocycles. The quantitative estimate of drug-likeness (QED) is 0.610. The summed E-state index contributed by atoms with van der Waals surface area (Å²) >= 11 is 0. The van der Waals surface area contributed by atoms with Gasteiger partial charge in [0.2, 0.25) is 0 Å². The Balaban J connectivity index is 3.51. The molecule has 68 valence electrons. The molecule has 1 heteroatoms.